The Kier molecular flexibility index (Phi) is 5.79. The Morgan fingerprint density at radius 2 is 1.87 bits per heavy atom. The van der Waals surface area contributed by atoms with E-state index in [0.717, 1.165) is 4.68 Å². The van der Waals surface area contributed by atoms with Crippen molar-refractivity contribution in [2.24, 2.45) is 0 Å². The van der Waals surface area contributed by atoms with Crippen molar-refractivity contribution in [3.63, 3.8) is 0 Å². The number of amides is 2. The number of aryl methyl sites for hydroxylation is 1. The highest BCUT2D eigenvalue weighted by molar-refractivity contribution is 6.32. The summed E-state index contributed by atoms with van der Waals surface area (Å²) in [5.41, 5.74) is -0.846. The van der Waals surface area contributed by atoms with Gasteiger partial charge in [-0.3, -0.25) is 9.59 Å². The van der Waals surface area contributed by atoms with Crippen molar-refractivity contribution < 1.29 is 22.8 Å². The van der Waals surface area contributed by atoms with Crippen LogP contribution in [0.15, 0.2) is 42.6 Å². The van der Waals surface area contributed by atoms with E-state index in [0.29, 0.717) is 11.6 Å². The van der Waals surface area contributed by atoms with E-state index < -0.39 is 29.4 Å². The van der Waals surface area contributed by atoms with Gasteiger partial charge in [0.2, 0.25) is 0 Å². The lowest BCUT2D eigenvalue weighted by Crippen LogP contribution is -2.23. The summed E-state index contributed by atoms with van der Waals surface area (Å²) in [7, 11) is 1.42. The molecule has 0 aliphatic heterocycles. The van der Waals surface area contributed by atoms with E-state index in [1.54, 1.807) is 19.1 Å². The first-order valence-electron chi connectivity index (χ1n) is 8.54. The Hall–Kier alpha value is -3.40. The number of hydrogen-bond donors (Lipinski definition) is 2. The molecule has 1 aromatic carbocycles. The van der Waals surface area contributed by atoms with Crippen molar-refractivity contribution >= 4 is 29.1 Å². The molecule has 0 saturated carbocycles. The minimum Gasteiger partial charge on any atom is -0.355 e. The van der Waals surface area contributed by atoms with Crippen molar-refractivity contribution in [1.82, 2.24) is 20.1 Å². The van der Waals surface area contributed by atoms with Gasteiger partial charge in [0.1, 0.15) is 5.69 Å². The van der Waals surface area contributed by atoms with Gasteiger partial charge in [0, 0.05) is 19.3 Å². The predicted molar refractivity (Wildman–Crippen MR) is 104 cm³/mol. The van der Waals surface area contributed by atoms with Gasteiger partial charge < -0.3 is 10.6 Å². The highest BCUT2D eigenvalue weighted by Crippen LogP contribution is 2.31. The lowest BCUT2D eigenvalue weighted by Gasteiger charge is -2.13. The molecule has 0 aliphatic carbocycles. The Morgan fingerprint density at radius 1 is 1.13 bits per heavy atom. The highest BCUT2D eigenvalue weighted by Gasteiger charge is 2.36. The molecule has 30 heavy (non-hydrogen) atoms. The number of carbonyl (C=O) groups is 2. The number of rotatable bonds is 4. The first-order valence-corrected chi connectivity index (χ1v) is 8.92. The van der Waals surface area contributed by atoms with Crippen LogP contribution in [0.25, 0.3) is 5.82 Å². The molecular formula is C19H15ClF3N5O2. The van der Waals surface area contributed by atoms with E-state index in [2.05, 4.69) is 20.7 Å². The Bertz CT molecular complexity index is 1130. The molecule has 0 aliphatic rings. The van der Waals surface area contributed by atoms with Crippen LogP contribution in [0.5, 0.6) is 0 Å². The molecule has 0 saturated heterocycles. The van der Waals surface area contributed by atoms with Gasteiger partial charge in [-0.2, -0.15) is 18.3 Å². The van der Waals surface area contributed by atoms with Crippen LogP contribution in [0.3, 0.4) is 0 Å². The number of anilines is 1. The van der Waals surface area contributed by atoms with Gasteiger partial charge in [-0.15, -0.1) is 0 Å². The molecule has 2 N–H and O–H groups in total. The zero-order valence-electron chi connectivity index (χ0n) is 15.7. The van der Waals surface area contributed by atoms with E-state index in [9.17, 15) is 22.8 Å². The topological polar surface area (TPSA) is 88.9 Å². The molecule has 3 rings (SSSR count). The van der Waals surface area contributed by atoms with Crippen LogP contribution in [0.2, 0.25) is 5.02 Å². The zero-order chi connectivity index (χ0) is 22.1. The first-order chi connectivity index (χ1) is 14.1. The van der Waals surface area contributed by atoms with Crippen LogP contribution < -0.4 is 10.6 Å². The van der Waals surface area contributed by atoms with Crippen LogP contribution in [0, 0.1) is 6.92 Å². The summed E-state index contributed by atoms with van der Waals surface area (Å²) in [4.78, 5) is 29.0. The fourth-order valence-electron chi connectivity index (χ4n) is 2.76. The third-order valence-electron chi connectivity index (χ3n) is 4.15. The SMILES string of the molecule is CNC(=O)c1c(C)cccc1NC(=O)c1cc(C(F)(F)F)nn1-c1ncccc1Cl. The van der Waals surface area contributed by atoms with Crippen LogP contribution in [0.1, 0.15) is 32.1 Å². The van der Waals surface area contributed by atoms with Gasteiger partial charge in [-0.1, -0.05) is 23.7 Å². The Balaban J connectivity index is 2.09. The van der Waals surface area contributed by atoms with Gasteiger partial charge in [0.05, 0.1) is 16.3 Å². The maximum Gasteiger partial charge on any atom is 0.435 e. The van der Waals surface area contributed by atoms with Crippen molar-refractivity contribution in [1.29, 1.82) is 0 Å². The van der Waals surface area contributed by atoms with Crippen molar-refractivity contribution in [2.75, 3.05) is 12.4 Å². The van der Waals surface area contributed by atoms with Crippen molar-refractivity contribution in [3.05, 3.63) is 70.1 Å². The fourth-order valence-corrected chi connectivity index (χ4v) is 2.96. The minimum absolute atomic E-state index is 0.00461. The molecule has 3 aromatic rings. The fraction of sp³-hybridized carbons (Fsp3) is 0.158. The van der Waals surface area contributed by atoms with Gasteiger partial charge >= 0.3 is 6.18 Å². The molecule has 2 aromatic heterocycles. The monoisotopic (exact) mass is 437 g/mol. The van der Waals surface area contributed by atoms with E-state index >= 15 is 0 Å². The second-order valence-corrected chi connectivity index (χ2v) is 6.57. The number of benzene rings is 1. The second kappa shape index (κ2) is 8.15. The average molecular weight is 438 g/mol. The lowest BCUT2D eigenvalue weighted by atomic mass is 10.1. The second-order valence-electron chi connectivity index (χ2n) is 6.16. The van der Waals surface area contributed by atoms with Crippen LogP contribution in [-0.2, 0) is 6.18 Å². The summed E-state index contributed by atoms with van der Waals surface area (Å²) in [6.07, 6.45) is -3.49. The number of halogens is 4. The number of alkyl halides is 3. The maximum absolute atomic E-state index is 13.2. The molecule has 2 heterocycles. The van der Waals surface area contributed by atoms with E-state index in [-0.39, 0.29) is 22.1 Å². The number of carbonyl (C=O) groups excluding carboxylic acids is 2. The summed E-state index contributed by atoms with van der Waals surface area (Å²) < 4.78 is 40.4. The molecule has 0 fully saturated rings. The molecule has 0 atom stereocenters. The lowest BCUT2D eigenvalue weighted by molar-refractivity contribution is -0.141. The smallest absolute Gasteiger partial charge is 0.355 e. The van der Waals surface area contributed by atoms with Crippen molar-refractivity contribution in [2.45, 2.75) is 13.1 Å². The van der Waals surface area contributed by atoms with Gasteiger partial charge in [0.15, 0.2) is 11.5 Å². The first kappa shape index (κ1) is 21.3. The molecule has 156 valence electrons. The molecular weight excluding hydrogens is 423 g/mol. The van der Waals surface area contributed by atoms with Crippen molar-refractivity contribution in [3.8, 4) is 5.82 Å². The zero-order valence-corrected chi connectivity index (χ0v) is 16.5. The molecule has 0 spiro atoms. The van der Waals surface area contributed by atoms with E-state index in [1.165, 1.54) is 31.4 Å². The molecule has 0 bridgehead atoms. The standard InChI is InChI=1S/C19H15ClF3N5O2/c1-10-5-3-7-12(15(10)18(30)24-2)26-17(29)13-9-14(19(21,22)23)27-28(13)16-11(20)6-4-8-25-16/h3-9H,1-2H3,(H,24,30)(H,26,29). The summed E-state index contributed by atoms with van der Waals surface area (Å²) in [6.45, 7) is 1.67. The van der Waals surface area contributed by atoms with Crippen LogP contribution in [-0.4, -0.2) is 33.6 Å². The number of nitrogens with zero attached hydrogens (tertiary/aromatic N) is 3. The van der Waals surface area contributed by atoms with Gasteiger partial charge in [0.25, 0.3) is 11.8 Å². The third-order valence-corrected chi connectivity index (χ3v) is 4.44. The largest absolute Gasteiger partial charge is 0.435 e. The molecule has 2 amide bonds. The molecule has 0 radical (unpaired) electrons. The Labute approximate surface area is 173 Å². The maximum atomic E-state index is 13.2. The number of aromatic nitrogens is 3. The van der Waals surface area contributed by atoms with E-state index in [1.807, 2.05) is 0 Å². The number of pyridine rings is 1. The van der Waals surface area contributed by atoms with Gasteiger partial charge in [-0.25, -0.2) is 9.67 Å². The van der Waals surface area contributed by atoms with Crippen LogP contribution >= 0.6 is 11.6 Å². The third kappa shape index (κ3) is 4.13. The predicted octanol–water partition coefficient (Wildman–Crippen LogP) is 3.86. The summed E-state index contributed by atoms with van der Waals surface area (Å²) in [5, 5.41) is 8.41. The number of hydrogen-bond acceptors (Lipinski definition) is 4. The van der Waals surface area contributed by atoms with Gasteiger partial charge in [-0.05, 0) is 30.7 Å². The summed E-state index contributed by atoms with van der Waals surface area (Å²) in [6, 6.07) is 8.22. The molecule has 0 unspecified atom stereocenters. The van der Waals surface area contributed by atoms with E-state index in [4.69, 9.17) is 11.6 Å². The molecule has 11 heteroatoms. The Morgan fingerprint density at radius 3 is 2.50 bits per heavy atom. The summed E-state index contributed by atoms with van der Waals surface area (Å²) in [5.74, 6) is -1.52. The normalized spacial score (nSPS) is 11.3. The highest BCUT2D eigenvalue weighted by atomic mass is 35.5. The van der Waals surface area contributed by atoms with Crippen LogP contribution in [0.4, 0.5) is 18.9 Å². The summed E-state index contributed by atoms with van der Waals surface area (Å²) >= 11 is 6.04. The number of nitrogens with one attached hydrogen (secondary N) is 2. The molecule has 7 nitrogen and oxygen atoms in total. The quantitative estimate of drug-likeness (QED) is 0.648. The average Bonchev–Trinajstić information content (AvgIpc) is 3.14. The minimum atomic E-state index is -4.79.